The first-order chi connectivity index (χ1) is 8.18. The van der Waals surface area contributed by atoms with Crippen LogP contribution < -0.4 is 19.9 Å². The quantitative estimate of drug-likeness (QED) is 0.880. The van der Waals surface area contributed by atoms with Gasteiger partial charge in [-0.2, -0.15) is 0 Å². The molecule has 1 aromatic rings. The molecule has 0 radical (unpaired) electrons. The molecule has 0 amide bonds. The highest BCUT2D eigenvalue weighted by Gasteiger charge is 2.11. The van der Waals surface area contributed by atoms with Crippen LogP contribution in [0.3, 0.4) is 0 Å². The van der Waals surface area contributed by atoms with Crippen LogP contribution in [0.5, 0.6) is 17.2 Å². The van der Waals surface area contributed by atoms with Gasteiger partial charge in [0.15, 0.2) is 11.5 Å². The average molecular weight is 241 g/mol. The molecule has 98 valence electrons. The van der Waals surface area contributed by atoms with Gasteiger partial charge in [0.25, 0.3) is 0 Å². The van der Waals surface area contributed by atoms with Crippen LogP contribution in [0.4, 0.5) is 0 Å². The van der Waals surface area contributed by atoms with Gasteiger partial charge in [0.1, 0.15) is 0 Å². The zero-order valence-corrected chi connectivity index (χ0v) is 11.4. The first kappa shape index (κ1) is 15.6. The van der Waals surface area contributed by atoms with Crippen molar-refractivity contribution < 1.29 is 14.2 Å². The van der Waals surface area contributed by atoms with Crippen molar-refractivity contribution in [1.82, 2.24) is 0 Å². The lowest BCUT2D eigenvalue weighted by molar-refractivity contribution is 0.324. The third kappa shape index (κ3) is 4.53. The van der Waals surface area contributed by atoms with Crippen LogP contribution in [-0.4, -0.2) is 21.3 Å². The molecule has 0 atom stereocenters. The Morgan fingerprint density at radius 1 is 0.941 bits per heavy atom. The summed E-state index contributed by atoms with van der Waals surface area (Å²) < 4.78 is 15.5. The third-order valence-electron chi connectivity index (χ3n) is 1.96. The Hall–Kier alpha value is -1.42. The standard InChI is InChI=1S/C10H15NO3.C3H8/c1-12-8-4-7(6-11)5-9(13-2)10(8)14-3;1-3-2/h4-5H,6,11H2,1-3H3;3H2,1-2H3. The second-order valence-corrected chi connectivity index (χ2v) is 3.44. The van der Waals surface area contributed by atoms with E-state index in [-0.39, 0.29) is 0 Å². The number of hydrogen-bond donors (Lipinski definition) is 1. The van der Waals surface area contributed by atoms with Crippen LogP contribution >= 0.6 is 0 Å². The van der Waals surface area contributed by atoms with Crippen molar-refractivity contribution in [2.45, 2.75) is 26.8 Å². The van der Waals surface area contributed by atoms with Gasteiger partial charge in [0.2, 0.25) is 5.75 Å². The van der Waals surface area contributed by atoms with Gasteiger partial charge in [-0.15, -0.1) is 0 Å². The van der Waals surface area contributed by atoms with Crippen LogP contribution in [0.25, 0.3) is 0 Å². The molecule has 0 saturated heterocycles. The van der Waals surface area contributed by atoms with E-state index >= 15 is 0 Å². The van der Waals surface area contributed by atoms with Crippen molar-refractivity contribution in [2.24, 2.45) is 5.73 Å². The maximum absolute atomic E-state index is 5.54. The normalized spacial score (nSPS) is 9.06. The van der Waals surface area contributed by atoms with Crippen molar-refractivity contribution in [2.75, 3.05) is 21.3 Å². The summed E-state index contributed by atoms with van der Waals surface area (Å²) in [7, 11) is 4.73. The fraction of sp³-hybridized carbons (Fsp3) is 0.538. The van der Waals surface area contributed by atoms with Crippen molar-refractivity contribution in [3.05, 3.63) is 17.7 Å². The van der Waals surface area contributed by atoms with E-state index < -0.39 is 0 Å². The summed E-state index contributed by atoms with van der Waals surface area (Å²) >= 11 is 0. The Labute approximate surface area is 104 Å². The smallest absolute Gasteiger partial charge is 0.203 e. The van der Waals surface area contributed by atoms with Gasteiger partial charge in [0.05, 0.1) is 21.3 Å². The van der Waals surface area contributed by atoms with Crippen molar-refractivity contribution >= 4 is 0 Å². The Morgan fingerprint density at radius 3 is 1.59 bits per heavy atom. The average Bonchev–Trinajstić information content (AvgIpc) is 2.37. The highest BCUT2D eigenvalue weighted by molar-refractivity contribution is 5.53. The van der Waals surface area contributed by atoms with Gasteiger partial charge in [0, 0.05) is 6.54 Å². The van der Waals surface area contributed by atoms with Gasteiger partial charge >= 0.3 is 0 Å². The molecule has 0 aliphatic rings. The second kappa shape index (κ2) is 8.70. The first-order valence-electron chi connectivity index (χ1n) is 5.67. The second-order valence-electron chi connectivity index (χ2n) is 3.44. The van der Waals surface area contributed by atoms with E-state index in [0.29, 0.717) is 23.8 Å². The summed E-state index contributed by atoms with van der Waals surface area (Å²) in [6, 6.07) is 3.67. The van der Waals surface area contributed by atoms with Crippen LogP contribution in [0.1, 0.15) is 25.8 Å². The molecule has 0 aliphatic carbocycles. The highest BCUT2D eigenvalue weighted by Crippen LogP contribution is 2.37. The molecule has 0 bridgehead atoms. The third-order valence-corrected chi connectivity index (χ3v) is 1.96. The summed E-state index contributed by atoms with van der Waals surface area (Å²) in [5.74, 6) is 1.85. The minimum atomic E-state index is 0.441. The van der Waals surface area contributed by atoms with E-state index in [2.05, 4.69) is 13.8 Å². The highest BCUT2D eigenvalue weighted by atomic mass is 16.5. The van der Waals surface area contributed by atoms with E-state index in [9.17, 15) is 0 Å². The molecular formula is C13H23NO3. The van der Waals surface area contributed by atoms with Gasteiger partial charge in [-0.1, -0.05) is 20.3 Å². The van der Waals surface area contributed by atoms with E-state index in [1.807, 2.05) is 12.1 Å². The molecular weight excluding hydrogens is 218 g/mol. The lowest BCUT2D eigenvalue weighted by atomic mass is 10.2. The number of rotatable bonds is 4. The molecule has 0 aromatic heterocycles. The predicted molar refractivity (Wildman–Crippen MR) is 70.0 cm³/mol. The summed E-state index contributed by atoms with van der Waals surface area (Å²) in [4.78, 5) is 0. The SMILES string of the molecule is CCC.COc1cc(CN)cc(OC)c1OC. The van der Waals surface area contributed by atoms with Crippen LogP contribution in [0.15, 0.2) is 12.1 Å². The Balaban J connectivity index is 0.000000770. The fourth-order valence-corrected chi connectivity index (χ4v) is 1.25. The molecule has 2 N–H and O–H groups in total. The molecule has 1 aromatic carbocycles. The minimum absolute atomic E-state index is 0.441. The molecule has 4 heteroatoms. The van der Waals surface area contributed by atoms with Gasteiger partial charge in [-0.05, 0) is 17.7 Å². The molecule has 0 heterocycles. The molecule has 0 saturated carbocycles. The monoisotopic (exact) mass is 241 g/mol. The lowest BCUT2D eigenvalue weighted by Crippen LogP contribution is -2.00. The summed E-state index contributed by atoms with van der Waals surface area (Å²) in [6.45, 7) is 4.69. The lowest BCUT2D eigenvalue weighted by Gasteiger charge is -2.13. The van der Waals surface area contributed by atoms with Crippen molar-refractivity contribution in [3.8, 4) is 17.2 Å². The number of nitrogens with two attached hydrogens (primary N) is 1. The zero-order valence-electron chi connectivity index (χ0n) is 11.4. The Bertz CT molecular complexity index is 301. The van der Waals surface area contributed by atoms with E-state index in [1.54, 1.807) is 21.3 Å². The Morgan fingerprint density at radius 2 is 1.35 bits per heavy atom. The summed E-state index contributed by atoms with van der Waals surface area (Å²) in [5.41, 5.74) is 6.48. The largest absolute Gasteiger partial charge is 0.493 e. The van der Waals surface area contributed by atoms with Gasteiger partial charge < -0.3 is 19.9 Å². The van der Waals surface area contributed by atoms with Crippen LogP contribution in [0, 0.1) is 0 Å². The van der Waals surface area contributed by atoms with Gasteiger partial charge in [-0.25, -0.2) is 0 Å². The summed E-state index contributed by atoms with van der Waals surface area (Å²) in [5, 5.41) is 0. The van der Waals surface area contributed by atoms with E-state index in [4.69, 9.17) is 19.9 Å². The first-order valence-corrected chi connectivity index (χ1v) is 5.67. The zero-order chi connectivity index (χ0) is 13.3. The fourth-order valence-electron chi connectivity index (χ4n) is 1.25. The van der Waals surface area contributed by atoms with Crippen LogP contribution in [0.2, 0.25) is 0 Å². The van der Waals surface area contributed by atoms with E-state index in [0.717, 1.165) is 5.56 Å². The number of methoxy groups -OCH3 is 3. The summed E-state index contributed by atoms with van der Waals surface area (Å²) in [6.07, 6.45) is 1.25. The van der Waals surface area contributed by atoms with E-state index in [1.165, 1.54) is 6.42 Å². The molecule has 1 rings (SSSR count). The maximum atomic E-state index is 5.54. The topological polar surface area (TPSA) is 53.7 Å². The Kier molecular flexibility index (Phi) is 7.97. The molecule has 0 fully saturated rings. The minimum Gasteiger partial charge on any atom is -0.493 e. The maximum Gasteiger partial charge on any atom is 0.203 e. The number of ether oxygens (including phenoxy) is 3. The molecule has 0 unspecified atom stereocenters. The van der Waals surface area contributed by atoms with Crippen molar-refractivity contribution in [1.29, 1.82) is 0 Å². The molecule has 4 nitrogen and oxygen atoms in total. The number of benzene rings is 1. The number of hydrogen-bond acceptors (Lipinski definition) is 4. The molecule has 17 heavy (non-hydrogen) atoms. The molecule has 0 aliphatic heterocycles. The predicted octanol–water partition coefficient (Wildman–Crippen LogP) is 2.59. The van der Waals surface area contributed by atoms with Crippen LogP contribution in [-0.2, 0) is 6.54 Å². The van der Waals surface area contributed by atoms with Crippen molar-refractivity contribution in [3.63, 3.8) is 0 Å². The molecule has 0 spiro atoms. The van der Waals surface area contributed by atoms with Gasteiger partial charge in [-0.3, -0.25) is 0 Å².